The van der Waals surface area contributed by atoms with E-state index in [0.717, 1.165) is 12.1 Å². The predicted molar refractivity (Wildman–Crippen MR) is 108 cm³/mol. The van der Waals surface area contributed by atoms with Crippen molar-refractivity contribution in [3.8, 4) is 17.4 Å². The van der Waals surface area contributed by atoms with Crippen molar-refractivity contribution in [2.45, 2.75) is 13.5 Å². The summed E-state index contributed by atoms with van der Waals surface area (Å²) in [5.41, 5.74) is 1.40. The first-order valence-corrected chi connectivity index (χ1v) is 9.12. The lowest BCUT2D eigenvalue weighted by Crippen LogP contribution is -2.01. The van der Waals surface area contributed by atoms with Gasteiger partial charge < -0.3 is 14.6 Å². The van der Waals surface area contributed by atoms with E-state index in [4.69, 9.17) is 26.2 Å². The molecular formula is C22H16ClF2NO4. The van der Waals surface area contributed by atoms with E-state index >= 15 is 0 Å². The Kier molecular flexibility index (Phi) is 6.64. The molecule has 30 heavy (non-hydrogen) atoms. The Labute approximate surface area is 176 Å². The summed E-state index contributed by atoms with van der Waals surface area (Å²) in [6.45, 7) is 1.62. The molecule has 0 fully saturated rings. The first-order chi connectivity index (χ1) is 14.3. The fourth-order valence-electron chi connectivity index (χ4n) is 2.59. The SMILES string of the molecule is Cc1cc(/C=C/C(=O)O)cc(Cl)c1Oc1ccc(OCc2cccc(F)c2F)cn1. The summed E-state index contributed by atoms with van der Waals surface area (Å²) in [5, 5.41) is 9.01. The quantitative estimate of drug-likeness (QED) is 0.479. The van der Waals surface area contributed by atoms with Gasteiger partial charge in [-0.2, -0.15) is 0 Å². The summed E-state index contributed by atoms with van der Waals surface area (Å²) in [6.07, 6.45) is 3.83. The number of ether oxygens (including phenoxy) is 2. The average molecular weight is 432 g/mol. The van der Waals surface area contributed by atoms with E-state index in [9.17, 15) is 13.6 Å². The molecule has 0 saturated heterocycles. The Bertz CT molecular complexity index is 1080. The summed E-state index contributed by atoms with van der Waals surface area (Å²) in [4.78, 5) is 14.8. The topological polar surface area (TPSA) is 68.7 Å². The molecule has 3 rings (SSSR count). The third kappa shape index (κ3) is 5.33. The molecule has 0 bridgehead atoms. The minimum Gasteiger partial charge on any atom is -0.487 e. The molecule has 154 valence electrons. The first-order valence-electron chi connectivity index (χ1n) is 8.74. The van der Waals surface area contributed by atoms with E-state index in [1.165, 1.54) is 24.4 Å². The number of benzene rings is 2. The minimum absolute atomic E-state index is 0.0924. The van der Waals surface area contributed by atoms with Crippen LogP contribution in [0.3, 0.4) is 0 Å². The van der Waals surface area contributed by atoms with Crippen LogP contribution in [0.1, 0.15) is 16.7 Å². The molecule has 1 heterocycles. The number of aryl methyl sites for hydroxylation is 1. The number of hydrogen-bond acceptors (Lipinski definition) is 4. The van der Waals surface area contributed by atoms with Crippen molar-refractivity contribution in [2.75, 3.05) is 0 Å². The van der Waals surface area contributed by atoms with Crippen LogP contribution in [0.25, 0.3) is 6.08 Å². The molecule has 3 aromatic rings. The summed E-state index contributed by atoms with van der Waals surface area (Å²) < 4.78 is 38.1. The van der Waals surface area contributed by atoms with Crippen molar-refractivity contribution >= 4 is 23.6 Å². The summed E-state index contributed by atoms with van der Waals surface area (Å²) in [6, 6.07) is 10.3. The van der Waals surface area contributed by atoms with Crippen molar-refractivity contribution in [2.24, 2.45) is 0 Å². The van der Waals surface area contributed by atoms with Crippen LogP contribution < -0.4 is 9.47 Å². The molecule has 0 aliphatic carbocycles. The number of carbonyl (C=O) groups is 1. The molecule has 0 atom stereocenters. The Morgan fingerprint density at radius 1 is 1.23 bits per heavy atom. The van der Waals surface area contributed by atoms with E-state index in [1.54, 1.807) is 31.2 Å². The van der Waals surface area contributed by atoms with Gasteiger partial charge in [0.25, 0.3) is 0 Å². The number of nitrogens with zero attached hydrogens (tertiary/aromatic N) is 1. The Hall–Kier alpha value is -3.45. The van der Waals surface area contributed by atoms with Gasteiger partial charge in [-0.3, -0.25) is 0 Å². The van der Waals surface area contributed by atoms with E-state index in [0.29, 0.717) is 27.6 Å². The van der Waals surface area contributed by atoms with Crippen LogP contribution >= 0.6 is 11.6 Å². The zero-order valence-electron chi connectivity index (χ0n) is 15.7. The highest BCUT2D eigenvalue weighted by molar-refractivity contribution is 6.32. The smallest absolute Gasteiger partial charge is 0.328 e. The van der Waals surface area contributed by atoms with Crippen LogP contribution in [0.4, 0.5) is 8.78 Å². The number of carboxylic acids is 1. The Balaban J connectivity index is 1.68. The van der Waals surface area contributed by atoms with Crippen molar-refractivity contribution in [1.82, 2.24) is 4.98 Å². The van der Waals surface area contributed by atoms with E-state index in [2.05, 4.69) is 4.98 Å². The molecule has 2 aromatic carbocycles. The van der Waals surface area contributed by atoms with Gasteiger partial charge in [-0.25, -0.2) is 18.6 Å². The van der Waals surface area contributed by atoms with Gasteiger partial charge in [0, 0.05) is 17.7 Å². The standard InChI is InChI=1S/C22H16ClF2NO4/c1-13-9-14(5-8-20(27)28)10-17(23)22(13)30-19-7-6-16(11-26-19)29-12-15-3-2-4-18(24)21(15)25/h2-11H,12H2,1H3,(H,27,28)/b8-5+. The average Bonchev–Trinajstić information content (AvgIpc) is 2.71. The second-order valence-corrected chi connectivity index (χ2v) is 6.66. The van der Waals surface area contributed by atoms with E-state index in [-0.39, 0.29) is 18.1 Å². The molecule has 0 radical (unpaired) electrons. The van der Waals surface area contributed by atoms with Crippen molar-refractivity contribution in [1.29, 1.82) is 0 Å². The van der Waals surface area contributed by atoms with Crippen LogP contribution in [-0.4, -0.2) is 16.1 Å². The number of halogens is 3. The van der Waals surface area contributed by atoms with Gasteiger partial charge in [-0.15, -0.1) is 0 Å². The third-order valence-electron chi connectivity index (χ3n) is 4.01. The van der Waals surface area contributed by atoms with Crippen LogP contribution in [0.5, 0.6) is 17.4 Å². The highest BCUT2D eigenvalue weighted by Gasteiger charge is 2.11. The molecule has 1 N–H and O–H groups in total. The largest absolute Gasteiger partial charge is 0.487 e. The number of pyridine rings is 1. The Morgan fingerprint density at radius 3 is 2.70 bits per heavy atom. The maximum absolute atomic E-state index is 13.7. The van der Waals surface area contributed by atoms with Crippen LogP contribution in [0, 0.1) is 18.6 Å². The molecule has 5 nitrogen and oxygen atoms in total. The molecular weight excluding hydrogens is 416 g/mol. The molecule has 0 aliphatic heterocycles. The highest BCUT2D eigenvalue weighted by atomic mass is 35.5. The molecule has 0 unspecified atom stereocenters. The molecule has 0 spiro atoms. The van der Waals surface area contributed by atoms with Crippen LogP contribution in [0.15, 0.2) is 54.7 Å². The lowest BCUT2D eigenvalue weighted by molar-refractivity contribution is -0.131. The van der Waals surface area contributed by atoms with Gasteiger partial charge in [-0.1, -0.05) is 23.7 Å². The minimum atomic E-state index is -1.06. The predicted octanol–water partition coefficient (Wildman–Crippen LogP) is 5.79. The normalized spacial score (nSPS) is 10.9. The van der Waals surface area contributed by atoms with Crippen molar-refractivity contribution in [3.63, 3.8) is 0 Å². The molecule has 0 amide bonds. The third-order valence-corrected chi connectivity index (χ3v) is 4.29. The maximum atomic E-state index is 13.7. The fourth-order valence-corrected chi connectivity index (χ4v) is 2.90. The zero-order valence-corrected chi connectivity index (χ0v) is 16.5. The van der Waals surface area contributed by atoms with Crippen molar-refractivity contribution < 1.29 is 28.2 Å². The number of carboxylic acid groups (broad SMARTS) is 1. The first kappa shape index (κ1) is 21.3. The highest BCUT2D eigenvalue weighted by Crippen LogP contribution is 2.34. The monoisotopic (exact) mass is 431 g/mol. The summed E-state index contributed by atoms with van der Waals surface area (Å²) in [7, 11) is 0. The fraction of sp³-hybridized carbons (Fsp3) is 0.0909. The number of rotatable bonds is 7. The molecule has 8 heteroatoms. The summed E-state index contributed by atoms with van der Waals surface area (Å²) in [5.74, 6) is -1.96. The zero-order chi connectivity index (χ0) is 21.7. The van der Waals surface area contributed by atoms with Gasteiger partial charge >= 0.3 is 5.97 Å². The maximum Gasteiger partial charge on any atom is 0.328 e. The summed E-state index contributed by atoms with van der Waals surface area (Å²) >= 11 is 6.25. The second-order valence-electron chi connectivity index (χ2n) is 6.26. The van der Waals surface area contributed by atoms with Crippen LogP contribution in [0.2, 0.25) is 5.02 Å². The second kappa shape index (κ2) is 9.37. The molecule has 1 aromatic heterocycles. The van der Waals surface area contributed by atoms with E-state index in [1.807, 2.05) is 0 Å². The molecule has 0 aliphatic rings. The Morgan fingerprint density at radius 2 is 2.03 bits per heavy atom. The van der Waals surface area contributed by atoms with Crippen molar-refractivity contribution in [3.05, 3.63) is 88.1 Å². The van der Waals surface area contributed by atoms with Gasteiger partial charge in [0.15, 0.2) is 17.4 Å². The van der Waals surface area contributed by atoms with E-state index < -0.39 is 17.6 Å². The number of hydrogen-bond donors (Lipinski definition) is 1. The molecule has 0 saturated carbocycles. The number of aliphatic carboxylic acids is 1. The van der Waals surface area contributed by atoms with Gasteiger partial charge in [0.1, 0.15) is 12.4 Å². The van der Waals surface area contributed by atoms with Crippen LogP contribution in [-0.2, 0) is 11.4 Å². The lowest BCUT2D eigenvalue weighted by Gasteiger charge is -2.12. The van der Waals surface area contributed by atoms with Gasteiger partial charge in [0.2, 0.25) is 5.88 Å². The lowest BCUT2D eigenvalue weighted by atomic mass is 10.1. The van der Waals surface area contributed by atoms with Gasteiger partial charge in [0.05, 0.1) is 11.2 Å². The van der Waals surface area contributed by atoms with Gasteiger partial charge in [-0.05, 0) is 48.4 Å². The number of aromatic nitrogens is 1.